The molecule has 0 saturated carbocycles. The summed E-state index contributed by atoms with van der Waals surface area (Å²) in [5, 5.41) is 3.90. The summed E-state index contributed by atoms with van der Waals surface area (Å²) in [4.78, 5) is 4.80. The first-order chi connectivity index (χ1) is 13.6. The number of likely N-dealkylation sites (N-methyl/N-ethyl adjacent to an activating group) is 1. The Morgan fingerprint density at radius 2 is 1.86 bits per heavy atom. The van der Waals surface area contributed by atoms with Gasteiger partial charge in [-0.15, -0.1) is 0 Å². The molecule has 0 spiro atoms. The molecular weight excluding hydrogens is 373 g/mol. The number of benzene rings is 1. The van der Waals surface area contributed by atoms with Crippen molar-refractivity contribution in [2.24, 2.45) is 0 Å². The molecule has 1 aromatic rings. The fraction of sp³-hybridized carbons (Fsp3) is 0.571. The lowest BCUT2D eigenvalue weighted by atomic mass is 9.93. The first kappa shape index (κ1) is 21.2. The van der Waals surface area contributed by atoms with Crippen molar-refractivity contribution < 1.29 is 4.39 Å². The molecular formula is C21H32FN5S. The Kier molecular flexibility index (Phi) is 8.21. The standard InChI is InChI=1S/C21H32FN5S/c1-26-13-9-20(17-5-7-19(22)8-6-17)18(16-26)15-24-25-21(28)23-10-14-27-11-3-2-4-12-27/h5-8,24H,2-4,9-16H2,1H3,(H2,23,25,28). The molecule has 7 heteroatoms. The quantitative estimate of drug-likeness (QED) is 0.478. The number of nitrogens with one attached hydrogen (secondary N) is 3. The highest BCUT2D eigenvalue weighted by atomic mass is 32.1. The summed E-state index contributed by atoms with van der Waals surface area (Å²) in [5.41, 5.74) is 10.1. The lowest BCUT2D eigenvalue weighted by molar-refractivity contribution is 0.232. The van der Waals surface area contributed by atoms with Crippen molar-refractivity contribution in [2.45, 2.75) is 25.7 Å². The molecule has 3 N–H and O–H groups in total. The van der Waals surface area contributed by atoms with Gasteiger partial charge in [0.25, 0.3) is 0 Å². The summed E-state index contributed by atoms with van der Waals surface area (Å²) < 4.78 is 13.3. The molecule has 3 rings (SSSR count). The number of halogens is 1. The molecule has 0 amide bonds. The van der Waals surface area contributed by atoms with E-state index < -0.39 is 0 Å². The van der Waals surface area contributed by atoms with Crippen molar-refractivity contribution in [1.82, 2.24) is 26.0 Å². The molecule has 154 valence electrons. The molecule has 1 saturated heterocycles. The van der Waals surface area contributed by atoms with E-state index in [0.717, 1.165) is 38.2 Å². The number of nitrogens with zero attached hydrogens (tertiary/aromatic N) is 2. The third-order valence-corrected chi connectivity index (χ3v) is 5.74. The zero-order chi connectivity index (χ0) is 19.8. The van der Waals surface area contributed by atoms with E-state index in [4.69, 9.17) is 12.2 Å². The van der Waals surface area contributed by atoms with Gasteiger partial charge in [0, 0.05) is 32.7 Å². The Morgan fingerprint density at radius 1 is 1.11 bits per heavy atom. The normalized spacial score (nSPS) is 18.9. The van der Waals surface area contributed by atoms with Crippen LogP contribution in [0.2, 0.25) is 0 Å². The van der Waals surface area contributed by atoms with E-state index in [-0.39, 0.29) is 5.82 Å². The summed E-state index contributed by atoms with van der Waals surface area (Å²) in [6, 6.07) is 6.81. The maximum atomic E-state index is 13.3. The first-order valence-electron chi connectivity index (χ1n) is 10.3. The van der Waals surface area contributed by atoms with E-state index >= 15 is 0 Å². The highest BCUT2D eigenvalue weighted by Gasteiger charge is 2.17. The molecule has 0 atom stereocenters. The monoisotopic (exact) mass is 405 g/mol. The average Bonchev–Trinajstić information content (AvgIpc) is 2.70. The molecule has 0 unspecified atom stereocenters. The summed E-state index contributed by atoms with van der Waals surface area (Å²) >= 11 is 5.38. The van der Waals surface area contributed by atoms with Crippen LogP contribution in [0.15, 0.2) is 29.8 Å². The van der Waals surface area contributed by atoms with Crippen LogP contribution in [0.4, 0.5) is 4.39 Å². The third-order valence-electron chi connectivity index (χ3n) is 5.49. The Labute approximate surface area is 173 Å². The van der Waals surface area contributed by atoms with E-state index in [1.54, 1.807) is 0 Å². The summed E-state index contributed by atoms with van der Waals surface area (Å²) in [7, 11) is 2.13. The van der Waals surface area contributed by atoms with Gasteiger partial charge in [-0.05, 0) is 80.5 Å². The van der Waals surface area contributed by atoms with Gasteiger partial charge >= 0.3 is 0 Å². The summed E-state index contributed by atoms with van der Waals surface area (Å²) in [6.07, 6.45) is 4.95. The van der Waals surface area contributed by atoms with Crippen LogP contribution < -0.4 is 16.2 Å². The van der Waals surface area contributed by atoms with Crippen molar-refractivity contribution in [3.8, 4) is 0 Å². The first-order valence-corrected chi connectivity index (χ1v) is 10.7. The van der Waals surface area contributed by atoms with Gasteiger partial charge in [0.05, 0.1) is 0 Å². The van der Waals surface area contributed by atoms with Crippen LogP contribution in [0.1, 0.15) is 31.2 Å². The number of rotatable bonds is 7. The minimum atomic E-state index is -0.195. The van der Waals surface area contributed by atoms with Gasteiger partial charge < -0.3 is 15.1 Å². The molecule has 0 bridgehead atoms. The van der Waals surface area contributed by atoms with Crippen molar-refractivity contribution in [2.75, 3.05) is 52.9 Å². The largest absolute Gasteiger partial charge is 0.360 e. The zero-order valence-corrected chi connectivity index (χ0v) is 17.6. The van der Waals surface area contributed by atoms with Gasteiger partial charge in [0.15, 0.2) is 5.11 Å². The third kappa shape index (κ3) is 6.51. The molecule has 2 aliphatic rings. The average molecular weight is 406 g/mol. The number of thiocarbonyl (C=S) groups is 1. The van der Waals surface area contributed by atoms with Gasteiger partial charge in [-0.25, -0.2) is 9.82 Å². The topological polar surface area (TPSA) is 42.6 Å². The maximum Gasteiger partial charge on any atom is 0.180 e. The minimum Gasteiger partial charge on any atom is -0.360 e. The summed E-state index contributed by atoms with van der Waals surface area (Å²) in [6.45, 7) is 6.91. The van der Waals surface area contributed by atoms with Crippen molar-refractivity contribution in [3.63, 3.8) is 0 Å². The minimum absolute atomic E-state index is 0.195. The van der Waals surface area contributed by atoms with Crippen molar-refractivity contribution in [3.05, 3.63) is 41.2 Å². The van der Waals surface area contributed by atoms with Crippen LogP contribution in [-0.2, 0) is 0 Å². The van der Waals surface area contributed by atoms with E-state index in [1.807, 2.05) is 12.1 Å². The highest BCUT2D eigenvalue weighted by Crippen LogP contribution is 2.26. The van der Waals surface area contributed by atoms with Crippen LogP contribution in [0.5, 0.6) is 0 Å². The molecule has 0 radical (unpaired) electrons. The van der Waals surface area contributed by atoms with E-state index in [2.05, 4.69) is 33.0 Å². The number of likely N-dealkylation sites (tertiary alicyclic amines) is 1. The fourth-order valence-electron chi connectivity index (χ4n) is 3.93. The SMILES string of the molecule is CN1CCC(c2ccc(F)cc2)=C(CNNC(=S)NCCN2CCCCC2)C1. The summed E-state index contributed by atoms with van der Waals surface area (Å²) in [5.74, 6) is -0.195. The zero-order valence-electron chi connectivity index (χ0n) is 16.8. The van der Waals surface area contributed by atoms with Crippen LogP contribution in [0.25, 0.3) is 5.57 Å². The predicted molar refractivity (Wildman–Crippen MR) is 117 cm³/mol. The molecule has 5 nitrogen and oxygen atoms in total. The van der Waals surface area contributed by atoms with Crippen molar-refractivity contribution >= 4 is 22.9 Å². The van der Waals surface area contributed by atoms with Crippen LogP contribution >= 0.6 is 12.2 Å². The second kappa shape index (κ2) is 10.9. The van der Waals surface area contributed by atoms with E-state index in [1.165, 1.54) is 55.6 Å². The van der Waals surface area contributed by atoms with Gasteiger partial charge in [-0.2, -0.15) is 0 Å². The number of piperidine rings is 1. The van der Waals surface area contributed by atoms with Crippen LogP contribution in [-0.4, -0.2) is 67.8 Å². The lowest BCUT2D eigenvalue weighted by Gasteiger charge is -2.29. The second-order valence-corrected chi connectivity index (χ2v) is 8.12. The van der Waals surface area contributed by atoms with Crippen LogP contribution in [0.3, 0.4) is 0 Å². The smallest absolute Gasteiger partial charge is 0.180 e. The molecule has 0 aromatic heterocycles. The molecule has 2 heterocycles. The number of hydrazine groups is 1. The maximum absolute atomic E-state index is 13.3. The Hall–Kier alpha value is -1.54. The lowest BCUT2D eigenvalue weighted by Crippen LogP contribution is -2.47. The van der Waals surface area contributed by atoms with Crippen LogP contribution in [0, 0.1) is 5.82 Å². The van der Waals surface area contributed by atoms with Crippen molar-refractivity contribution in [1.29, 1.82) is 0 Å². The van der Waals surface area contributed by atoms with Gasteiger partial charge in [-0.1, -0.05) is 18.6 Å². The second-order valence-electron chi connectivity index (χ2n) is 7.71. The molecule has 1 aromatic carbocycles. The van der Waals surface area contributed by atoms with E-state index in [0.29, 0.717) is 11.7 Å². The molecule has 1 fully saturated rings. The Balaban J connectivity index is 1.45. The number of hydrogen-bond donors (Lipinski definition) is 3. The van der Waals surface area contributed by atoms with Gasteiger partial charge in [-0.3, -0.25) is 5.43 Å². The fourth-order valence-corrected chi connectivity index (χ4v) is 4.10. The molecule has 0 aliphatic carbocycles. The Morgan fingerprint density at radius 3 is 2.61 bits per heavy atom. The molecule has 2 aliphatic heterocycles. The number of hydrogen-bond acceptors (Lipinski definition) is 4. The Bertz CT molecular complexity index is 670. The van der Waals surface area contributed by atoms with Gasteiger partial charge in [0.1, 0.15) is 5.82 Å². The predicted octanol–water partition coefficient (Wildman–Crippen LogP) is 2.37. The van der Waals surface area contributed by atoms with E-state index in [9.17, 15) is 4.39 Å². The molecule has 28 heavy (non-hydrogen) atoms. The van der Waals surface area contributed by atoms with Gasteiger partial charge in [0.2, 0.25) is 0 Å². The highest BCUT2D eigenvalue weighted by molar-refractivity contribution is 7.80.